The van der Waals surface area contributed by atoms with Gasteiger partial charge >= 0.3 is 0 Å². The Morgan fingerprint density at radius 1 is 1.00 bits per heavy atom. The number of nitrogens with two attached hydrogens (primary N) is 1. The first-order chi connectivity index (χ1) is 14.6. The van der Waals surface area contributed by atoms with E-state index in [0.717, 1.165) is 37.9 Å². The van der Waals surface area contributed by atoms with Crippen LogP contribution < -0.4 is 11.1 Å². The maximum Gasteiger partial charge on any atom is 0.289 e. The summed E-state index contributed by atoms with van der Waals surface area (Å²) in [4.78, 5) is 30.4. The zero-order valence-corrected chi connectivity index (χ0v) is 17.5. The molecule has 2 aliphatic heterocycles. The molecule has 5 rings (SSSR count). The van der Waals surface area contributed by atoms with Crippen LogP contribution in [0.25, 0.3) is 11.0 Å². The van der Waals surface area contributed by atoms with E-state index >= 15 is 0 Å². The van der Waals surface area contributed by atoms with E-state index in [2.05, 4.69) is 30.1 Å². The topological polar surface area (TPSA) is 100 Å². The molecule has 0 aromatic carbocycles. The number of amides is 1. The number of piperidine rings is 2. The normalized spacial score (nSPS) is 22.4. The molecule has 2 saturated heterocycles. The molecular weight excluding hydrogens is 378 g/mol. The van der Waals surface area contributed by atoms with E-state index in [1.165, 1.54) is 45.3 Å². The van der Waals surface area contributed by atoms with Gasteiger partial charge in [-0.2, -0.15) is 0 Å². The first kappa shape index (κ1) is 19.6. The van der Waals surface area contributed by atoms with Crippen molar-refractivity contribution in [3.63, 3.8) is 0 Å². The second-order valence-electron chi connectivity index (χ2n) is 9.27. The van der Waals surface area contributed by atoms with Crippen molar-refractivity contribution in [3.8, 4) is 0 Å². The third kappa shape index (κ3) is 4.39. The quantitative estimate of drug-likeness (QED) is 0.775. The summed E-state index contributed by atoms with van der Waals surface area (Å²) in [7, 11) is 0. The average molecular weight is 410 g/mol. The summed E-state index contributed by atoms with van der Waals surface area (Å²) < 4.78 is 0. The van der Waals surface area contributed by atoms with Crippen LogP contribution in [0, 0.1) is 5.41 Å². The van der Waals surface area contributed by atoms with E-state index in [9.17, 15) is 4.79 Å². The van der Waals surface area contributed by atoms with Crippen molar-refractivity contribution < 1.29 is 4.79 Å². The van der Waals surface area contributed by atoms with Gasteiger partial charge in [0.2, 0.25) is 5.82 Å². The summed E-state index contributed by atoms with van der Waals surface area (Å²) in [5.74, 6) is 0.395. The van der Waals surface area contributed by atoms with Crippen molar-refractivity contribution >= 4 is 22.8 Å². The fourth-order valence-corrected chi connectivity index (χ4v) is 4.81. The molecule has 8 heteroatoms. The highest BCUT2D eigenvalue weighted by Gasteiger charge is 2.44. The van der Waals surface area contributed by atoms with E-state index in [-0.39, 0.29) is 17.8 Å². The van der Waals surface area contributed by atoms with E-state index in [1.54, 1.807) is 18.3 Å². The van der Waals surface area contributed by atoms with Gasteiger partial charge < -0.3 is 20.9 Å². The molecular formula is C22H31N7O. The summed E-state index contributed by atoms with van der Waals surface area (Å²) >= 11 is 0. The molecule has 3 aliphatic rings. The van der Waals surface area contributed by atoms with Crippen molar-refractivity contribution in [1.29, 1.82) is 0 Å². The fourth-order valence-electron chi connectivity index (χ4n) is 4.81. The van der Waals surface area contributed by atoms with Gasteiger partial charge in [-0.3, -0.25) is 4.79 Å². The maximum absolute atomic E-state index is 12.6. The number of likely N-dealkylation sites (tertiary alicyclic amines) is 2. The van der Waals surface area contributed by atoms with Gasteiger partial charge in [-0.25, -0.2) is 15.0 Å². The Bertz CT molecular complexity index is 911. The van der Waals surface area contributed by atoms with Gasteiger partial charge in [-0.1, -0.05) is 0 Å². The zero-order valence-electron chi connectivity index (χ0n) is 17.5. The highest BCUT2D eigenvalue weighted by atomic mass is 16.2. The van der Waals surface area contributed by atoms with Gasteiger partial charge in [0, 0.05) is 32.2 Å². The summed E-state index contributed by atoms with van der Waals surface area (Å²) in [6.45, 7) is 6.93. The van der Waals surface area contributed by atoms with E-state index < -0.39 is 0 Å². The van der Waals surface area contributed by atoms with Crippen LogP contribution in [0.4, 0.5) is 5.82 Å². The lowest BCUT2D eigenvalue weighted by Crippen LogP contribution is -2.47. The monoisotopic (exact) mass is 409 g/mol. The number of hydrogen-bond donors (Lipinski definition) is 2. The molecule has 0 bridgehead atoms. The number of rotatable bonds is 5. The van der Waals surface area contributed by atoms with E-state index in [1.807, 2.05) is 0 Å². The van der Waals surface area contributed by atoms with Gasteiger partial charge in [-0.05, 0) is 69.2 Å². The Kier molecular flexibility index (Phi) is 5.28. The van der Waals surface area contributed by atoms with Gasteiger partial charge in [-0.15, -0.1) is 0 Å². The number of nitrogens with one attached hydrogen (secondary N) is 1. The number of fused-ring (bicyclic) bond motifs is 1. The molecule has 4 heterocycles. The van der Waals surface area contributed by atoms with Crippen molar-refractivity contribution in [2.75, 3.05) is 45.0 Å². The lowest BCUT2D eigenvalue weighted by atomic mass is 9.94. The first-order valence-electron chi connectivity index (χ1n) is 11.2. The molecule has 8 nitrogen and oxygen atoms in total. The lowest BCUT2D eigenvalue weighted by Gasteiger charge is -2.36. The predicted octanol–water partition coefficient (Wildman–Crippen LogP) is 1.68. The smallest absolute Gasteiger partial charge is 0.289 e. The van der Waals surface area contributed by atoms with Gasteiger partial charge in [0.25, 0.3) is 5.91 Å². The molecule has 30 heavy (non-hydrogen) atoms. The minimum Gasteiger partial charge on any atom is -0.384 e. The van der Waals surface area contributed by atoms with E-state index in [0.29, 0.717) is 16.9 Å². The Morgan fingerprint density at radius 3 is 2.40 bits per heavy atom. The van der Waals surface area contributed by atoms with Crippen LogP contribution in [0.2, 0.25) is 0 Å². The molecule has 2 aromatic rings. The van der Waals surface area contributed by atoms with Crippen LogP contribution in [0.3, 0.4) is 0 Å². The Morgan fingerprint density at radius 2 is 1.70 bits per heavy atom. The summed E-state index contributed by atoms with van der Waals surface area (Å²) in [6.07, 6.45) is 9.25. The zero-order chi connectivity index (χ0) is 20.6. The van der Waals surface area contributed by atoms with Gasteiger partial charge in [0.15, 0.2) is 0 Å². The summed E-state index contributed by atoms with van der Waals surface area (Å²) in [6, 6.07) is 3.63. The largest absolute Gasteiger partial charge is 0.384 e. The molecule has 3 N–H and O–H groups in total. The first-order valence-corrected chi connectivity index (χ1v) is 11.2. The maximum atomic E-state index is 12.6. The number of nitrogens with zero attached hydrogens (tertiary/aromatic N) is 5. The molecule has 160 valence electrons. The van der Waals surface area contributed by atoms with Crippen LogP contribution in [0.5, 0.6) is 0 Å². The minimum atomic E-state index is -0.213. The molecule has 0 unspecified atom stereocenters. The third-order valence-electron chi connectivity index (χ3n) is 7.19. The van der Waals surface area contributed by atoms with Crippen molar-refractivity contribution in [2.24, 2.45) is 5.41 Å². The molecule has 1 aliphatic carbocycles. The molecule has 1 amide bonds. The average Bonchev–Trinajstić information content (AvgIpc) is 3.53. The number of pyridine rings is 1. The number of nitrogen functional groups attached to an aromatic ring is 1. The van der Waals surface area contributed by atoms with Crippen molar-refractivity contribution in [2.45, 2.75) is 44.6 Å². The molecule has 1 saturated carbocycles. The highest BCUT2D eigenvalue weighted by Crippen LogP contribution is 2.53. The van der Waals surface area contributed by atoms with Gasteiger partial charge in [0.1, 0.15) is 11.3 Å². The number of carbonyl (C=O) groups excluding carboxylic acids is 1. The van der Waals surface area contributed by atoms with Crippen molar-refractivity contribution in [3.05, 3.63) is 24.2 Å². The third-order valence-corrected chi connectivity index (χ3v) is 7.19. The number of hydrogen-bond acceptors (Lipinski definition) is 7. The Labute approximate surface area is 177 Å². The van der Waals surface area contributed by atoms with E-state index in [4.69, 9.17) is 5.73 Å². The van der Waals surface area contributed by atoms with Crippen molar-refractivity contribution in [1.82, 2.24) is 30.1 Å². The van der Waals surface area contributed by atoms with Gasteiger partial charge in [0.05, 0.1) is 11.7 Å². The summed E-state index contributed by atoms with van der Waals surface area (Å²) in [5, 5.41) is 3.11. The van der Waals surface area contributed by atoms with Crippen LogP contribution in [-0.4, -0.2) is 76.0 Å². The molecule has 0 atom stereocenters. The second kappa shape index (κ2) is 8.07. The SMILES string of the molecule is Nc1ccc2nc(C(=O)NC3CCN(CCN4CCC5(CC4)CC5)CC3)ncc2n1. The number of aromatic nitrogens is 3. The molecule has 1 spiro atoms. The molecule has 0 radical (unpaired) electrons. The fraction of sp³-hybridized carbons (Fsp3) is 0.636. The minimum absolute atomic E-state index is 0.183. The Hall–Kier alpha value is -2.32. The molecule has 3 fully saturated rings. The lowest BCUT2D eigenvalue weighted by molar-refractivity contribution is 0.0891. The standard InChI is InChI=1S/C22H31N7O/c23-19-2-1-17-18(26-19)15-24-20(27-17)21(30)25-16-3-9-28(10-4-16)13-14-29-11-7-22(5-6-22)8-12-29/h1-2,15-16H,3-14H2,(H2,23,26)(H,25,30). The van der Waals surface area contributed by atoms with Crippen LogP contribution in [-0.2, 0) is 0 Å². The van der Waals surface area contributed by atoms with Crippen LogP contribution in [0.15, 0.2) is 18.3 Å². The number of carbonyl (C=O) groups is 1. The van der Waals surface area contributed by atoms with Crippen LogP contribution >= 0.6 is 0 Å². The molecule has 2 aromatic heterocycles. The van der Waals surface area contributed by atoms with Crippen LogP contribution in [0.1, 0.15) is 49.1 Å². The predicted molar refractivity (Wildman–Crippen MR) is 116 cm³/mol. The number of anilines is 1. The highest BCUT2D eigenvalue weighted by molar-refractivity contribution is 5.92. The summed E-state index contributed by atoms with van der Waals surface area (Å²) in [5.41, 5.74) is 7.66. The Balaban J connectivity index is 1.07. The second-order valence-corrected chi connectivity index (χ2v) is 9.27.